The molecule has 0 fully saturated rings. The summed E-state index contributed by atoms with van der Waals surface area (Å²) in [6.07, 6.45) is 0.833. The largest absolute Gasteiger partial charge is 0.493 e. The Morgan fingerprint density at radius 2 is 1.78 bits per heavy atom. The second-order valence-electron chi connectivity index (χ2n) is 4.54. The second kappa shape index (κ2) is 5.58. The van der Waals surface area contributed by atoms with Crippen LogP contribution in [0.2, 0.25) is 0 Å². The maximum Gasteiger partial charge on any atom is 0.119 e. The molecule has 0 aliphatic rings. The average molecular weight is 241 g/mol. The fourth-order valence-corrected chi connectivity index (χ4v) is 1.84. The van der Waals surface area contributed by atoms with Crippen molar-refractivity contribution in [3.63, 3.8) is 0 Å². The molecule has 0 aliphatic carbocycles. The molecule has 2 aromatic carbocycles. The van der Waals surface area contributed by atoms with Gasteiger partial charge in [-0.25, -0.2) is 0 Å². The van der Waals surface area contributed by atoms with E-state index in [9.17, 15) is 0 Å². The van der Waals surface area contributed by atoms with Gasteiger partial charge in [0, 0.05) is 12.1 Å². The third-order valence-electron chi connectivity index (χ3n) is 3.17. The van der Waals surface area contributed by atoms with Gasteiger partial charge in [0.25, 0.3) is 0 Å². The third kappa shape index (κ3) is 3.04. The minimum atomic E-state index is 0.650. The van der Waals surface area contributed by atoms with Gasteiger partial charge in [0.05, 0.1) is 6.61 Å². The normalized spacial score (nSPS) is 10.3. The van der Waals surface area contributed by atoms with Gasteiger partial charge in [-0.05, 0) is 48.7 Å². The Morgan fingerprint density at radius 3 is 2.50 bits per heavy atom. The van der Waals surface area contributed by atoms with Crippen molar-refractivity contribution in [1.29, 1.82) is 0 Å². The number of para-hydroxylation sites is 1. The molecule has 0 aliphatic heterocycles. The highest BCUT2D eigenvalue weighted by atomic mass is 16.5. The first kappa shape index (κ1) is 12.5. The van der Waals surface area contributed by atoms with E-state index in [1.807, 2.05) is 30.3 Å². The lowest BCUT2D eigenvalue weighted by atomic mass is 10.1. The van der Waals surface area contributed by atoms with E-state index in [4.69, 9.17) is 10.5 Å². The zero-order chi connectivity index (χ0) is 13.0. The van der Waals surface area contributed by atoms with Crippen LogP contribution >= 0.6 is 0 Å². The highest BCUT2D eigenvalue weighted by Gasteiger charge is 2.00. The Balaban J connectivity index is 1.92. The van der Waals surface area contributed by atoms with Gasteiger partial charge in [0.2, 0.25) is 0 Å². The van der Waals surface area contributed by atoms with Gasteiger partial charge in [-0.3, -0.25) is 0 Å². The first-order chi connectivity index (χ1) is 8.66. The first-order valence-electron chi connectivity index (χ1n) is 6.20. The van der Waals surface area contributed by atoms with Gasteiger partial charge >= 0.3 is 0 Å². The van der Waals surface area contributed by atoms with Crippen LogP contribution in [0.4, 0.5) is 5.69 Å². The van der Waals surface area contributed by atoms with Gasteiger partial charge in [-0.15, -0.1) is 0 Å². The van der Waals surface area contributed by atoms with Crippen LogP contribution in [0.15, 0.2) is 42.5 Å². The molecule has 0 atom stereocenters. The standard InChI is InChI=1S/C16H19NO/c1-12-7-8-15(11-13(12)2)18-10-9-14-5-3-4-6-16(14)17/h3-8,11H,9-10,17H2,1-2H3. The molecule has 2 nitrogen and oxygen atoms in total. The molecule has 2 aromatic rings. The van der Waals surface area contributed by atoms with Crippen molar-refractivity contribution in [3.05, 3.63) is 59.2 Å². The summed E-state index contributed by atoms with van der Waals surface area (Å²) >= 11 is 0. The predicted molar refractivity (Wildman–Crippen MR) is 76.0 cm³/mol. The molecule has 0 radical (unpaired) electrons. The van der Waals surface area contributed by atoms with E-state index in [-0.39, 0.29) is 0 Å². The van der Waals surface area contributed by atoms with Crippen LogP contribution < -0.4 is 10.5 Å². The molecule has 0 aromatic heterocycles. The van der Waals surface area contributed by atoms with Crippen molar-refractivity contribution >= 4 is 5.69 Å². The summed E-state index contributed by atoms with van der Waals surface area (Å²) in [6, 6.07) is 14.1. The number of hydrogen-bond donors (Lipinski definition) is 1. The highest BCUT2D eigenvalue weighted by molar-refractivity contribution is 5.46. The molecular weight excluding hydrogens is 222 g/mol. The minimum absolute atomic E-state index is 0.650. The molecule has 0 unspecified atom stereocenters. The summed E-state index contributed by atoms with van der Waals surface area (Å²) in [5, 5.41) is 0. The summed E-state index contributed by atoms with van der Waals surface area (Å²) in [6.45, 7) is 4.85. The Kier molecular flexibility index (Phi) is 3.88. The lowest BCUT2D eigenvalue weighted by Gasteiger charge is -2.09. The molecule has 0 heterocycles. The van der Waals surface area contributed by atoms with Crippen molar-refractivity contribution in [2.45, 2.75) is 20.3 Å². The number of aryl methyl sites for hydroxylation is 2. The summed E-state index contributed by atoms with van der Waals surface area (Å²) in [4.78, 5) is 0. The van der Waals surface area contributed by atoms with Crippen LogP contribution in [-0.4, -0.2) is 6.61 Å². The molecular formula is C16H19NO. The zero-order valence-corrected chi connectivity index (χ0v) is 10.9. The highest BCUT2D eigenvalue weighted by Crippen LogP contribution is 2.17. The van der Waals surface area contributed by atoms with Gasteiger partial charge in [0.1, 0.15) is 5.75 Å². The third-order valence-corrected chi connectivity index (χ3v) is 3.17. The number of nitrogens with two attached hydrogens (primary N) is 1. The van der Waals surface area contributed by atoms with Gasteiger partial charge in [-0.1, -0.05) is 24.3 Å². The van der Waals surface area contributed by atoms with Crippen LogP contribution in [0.1, 0.15) is 16.7 Å². The van der Waals surface area contributed by atoms with Crippen molar-refractivity contribution in [2.24, 2.45) is 0 Å². The number of ether oxygens (including phenoxy) is 1. The molecule has 2 heteroatoms. The van der Waals surface area contributed by atoms with Crippen LogP contribution in [0.5, 0.6) is 5.75 Å². The summed E-state index contributed by atoms with van der Waals surface area (Å²) in [5.74, 6) is 0.924. The van der Waals surface area contributed by atoms with E-state index in [1.165, 1.54) is 11.1 Å². The fraction of sp³-hybridized carbons (Fsp3) is 0.250. The van der Waals surface area contributed by atoms with E-state index in [0.717, 1.165) is 23.4 Å². The number of hydrogen-bond acceptors (Lipinski definition) is 2. The van der Waals surface area contributed by atoms with Crippen molar-refractivity contribution < 1.29 is 4.74 Å². The lowest BCUT2D eigenvalue weighted by Crippen LogP contribution is -2.04. The monoisotopic (exact) mass is 241 g/mol. The van der Waals surface area contributed by atoms with E-state index in [1.54, 1.807) is 0 Å². The molecule has 0 saturated carbocycles. The van der Waals surface area contributed by atoms with E-state index >= 15 is 0 Å². The van der Waals surface area contributed by atoms with Crippen molar-refractivity contribution in [2.75, 3.05) is 12.3 Å². The molecule has 2 N–H and O–H groups in total. The van der Waals surface area contributed by atoms with Gasteiger partial charge in [0.15, 0.2) is 0 Å². The number of nitrogen functional groups attached to an aromatic ring is 1. The van der Waals surface area contributed by atoms with Crippen molar-refractivity contribution in [1.82, 2.24) is 0 Å². The zero-order valence-electron chi connectivity index (χ0n) is 10.9. The average Bonchev–Trinajstić information content (AvgIpc) is 2.36. The van der Waals surface area contributed by atoms with Crippen LogP contribution in [0.3, 0.4) is 0 Å². The Hall–Kier alpha value is -1.96. The maximum atomic E-state index is 5.89. The van der Waals surface area contributed by atoms with Gasteiger partial charge < -0.3 is 10.5 Å². The quantitative estimate of drug-likeness (QED) is 0.831. The molecule has 0 spiro atoms. The SMILES string of the molecule is Cc1ccc(OCCc2ccccc2N)cc1C. The molecule has 2 rings (SSSR count). The minimum Gasteiger partial charge on any atom is -0.493 e. The van der Waals surface area contributed by atoms with E-state index in [2.05, 4.69) is 26.0 Å². The summed E-state index contributed by atoms with van der Waals surface area (Å²) in [5.41, 5.74) is 10.4. The maximum absolute atomic E-state index is 5.89. The Labute approximate surface area is 108 Å². The van der Waals surface area contributed by atoms with Crippen LogP contribution in [0, 0.1) is 13.8 Å². The second-order valence-corrected chi connectivity index (χ2v) is 4.54. The predicted octanol–water partition coefficient (Wildman–Crippen LogP) is 3.51. The van der Waals surface area contributed by atoms with E-state index < -0.39 is 0 Å². The lowest BCUT2D eigenvalue weighted by molar-refractivity contribution is 0.322. The van der Waals surface area contributed by atoms with Gasteiger partial charge in [-0.2, -0.15) is 0 Å². The molecule has 0 bridgehead atoms. The molecule has 94 valence electrons. The topological polar surface area (TPSA) is 35.2 Å². The number of rotatable bonds is 4. The summed E-state index contributed by atoms with van der Waals surface area (Å²) < 4.78 is 5.75. The Bertz CT molecular complexity index is 534. The molecule has 18 heavy (non-hydrogen) atoms. The number of benzene rings is 2. The summed E-state index contributed by atoms with van der Waals surface area (Å²) in [7, 11) is 0. The smallest absolute Gasteiger partial charge is 0.119 e. The molecule has 0 saturated heterocycles. The fourth-order valence-electron chi connectivity index (χ4n) is 1.84. The molecule has 0 amide bonds. The Morgan fingerprint density at radius 1 is 1.00 bits per heavy atom. The van der Waals surface area contributed by atoms with E-state index in [0.29, 0.717) is 6.61 Å². The first-order valence-corrected chi connectivity index (χ1v) is 6.20. The number of anilines is 1. The van der Waals surface area contributed by atoms with Crippen LogP contribution in [-0.2, 0) is 6.42 Å². The van der Waals surface area contributed by atoms with Crippen molar-refractivity contribution in [3.8, 4) is 5.75 Å². The van der Waals surface area contributed by atoms with Crippen LogP contribution in [0.25, 0.3) is 0 Å².